The number of nitriles is 1. The molecule has 3 aromatic rings. The third-order valence-corrected chi connectivity index (χ3v) is 7.02. The van der Waals surface area contributed by atoms with Crippen LogP contribution in [-0.4, -0.2) is 40.1 Å². The Hall–Kier alpha value is -4.17. The fourth-order valence-electron chi connectivity index (χ4n) is 4.14. The number of rotatable bonds is 8. The predicted octanol–water partition coefficient (Wildman–Crippen LogP) is 6.03. The van der Waals surface area contributed by atoms with Crippen LogP contribution in [0.25, 0.3) is 21.0 Å². The van der Waals surface area contributed by atoms with Crippen LogP contribution in [0.4, 0.5) is 13.2 Å². The first kappa shape index (κ1) is 27.9. The molecule has 1 atom stereocenters. The van der Waals surface area contributed by atoms with Crippen LogP contribution in [0.1, 0.15) is 37.5 Å². The van der Waals surface area contributed by atoms with Crippen molar-refractivity contribution in [3.05, 3.63) is 71.6 Å². The van der Waals surface area contributed by atoms with Gasteiger partial charge in [-0.05, 0) is 67.4 Å². The van der Waals surface area contributed by atoms with E-state index in [4.69, 9.17) is 4.74 Å². The van der Waals surface area contributed by atoms with Crippen LogP contribution in [-0.2, 0) is 27.3 Å². The van der Waals surface area contributed by atoms with Crippen LogP contribution < -0.4 is 4.74 Å². The number of alkyl halides is 3. The van der Waals surface area contributed by atoms with Crippen LogP contribution in [0.5, 0.6) is 5.75 Å². The molecule has 1 aliphatic heterocycles. The zero-order valence-electron chi connectivity index (χ0n) is 21.3. The molecule has 0 radical (unpaired) electrons. The van der Waals surface area contributed by atoms with E-state index in [2.05, 4.69) is 15.8 Å². The van der Waals surface area contributed by atoms with E-state index in [-0.39, 0.29) is 12.6 Å². The van der Waals surface area contributed by atoms with E-state index < -0.39 is 24.2 Å². The minimum atomic E-state index is -5.24. The summed E-state index contributed by atoms with van der Waals surface area (Å²) in [5.74, 6) is -3.30. The maximum absolute atomic E-state index is 12.5. The largest absolute Gasteiger partial charge is 0.491 e. The minimum Gasteiger partial charge on any atom is -0.490 e. The van der Waals surface area contributed by atoms with E-state index in [0.29, 0.717) is 17.7 Å². The summed E-state index contributed by atoms with van der Waals surface area (Å²) in [5, 5.41) is 10.3. The standard InChI is InChI=1S/C28H24F3N3O4S/c1-4-20-18(15-34-11-10-22(34)26(35)38-27(36)28(29,30)31)6-5-7-21(20)24-14-33-25(39-24)17-8-9-23(37-16(2)3)19(12-17)13-32/h5-12,14,16,22H,4,15H2,1-3H3. The lowest BCUT2D eigenvalue weighted by Gasteiger charge is -2.34. The number of esters is 2. The number of carbonyl (C=O) groups excluding carboxylic acids is 2. The van der Waals surface area contributed by atoms with Crippen molar-refractivity contribution in [1.29, 1.82) is 5.26 Å². The van der Waals surface area contributed by atoms with Crippen molar-refractivity contribution in [2.24, 2.45) is 0 Å². The lowest BCUT2D eigenvalue weighted by molar-refractivity contribution is -0.203. The molecule has 2 heterocycles. The van der Waals surface area contributed by atoms with E-state index in [0.717, 1.165) is 32.1 Å². The van der Waals surface area contributed by atoms with Crippen LogP contribution in [0.3, 0.4) is 0 Å². The number of benzene rings is 2. The molecule has 7 nitrogen and oxygen atoms in total. The summed E-state index contributed by atoms with van der Waals surface area (Å²) in [6.07, 6.45) is 0.0482. The molecule has 0 amide bonds. The monoisotopic (exact) mass is 555 g/mol. The first-order valence-corrected chi connectivity index (χ1v) is 12.9. The van der Waals surface area contributed by atoms with E-state index in [9.17, 15) is 28.0 Å². The average Bonchev–Trinajstić information content (AvgIpc) is 3.35. The Balaban J connectivity index is 1.55. The Kier molecular flexibility index (Phi) is 8.06. The molecule has 202 valence electrons. The number of halogens is 3. The maximum atomic E-state index is 12.5. The molecule has 39 heavy (non-hydrogen) atoms. The summed E-state index contributed by atoms with van der Waals surface area (Å²) in [5.41, 5.74) is 4.01. The van der Waals surface area contributed by atoms with Gasteiger partial charge in [0.15, 0.2) is 0 Å². The predicted molar refractivity (Wildman–Crippen MR) is 138 cm³/mol. The highest BCUT2D eigenvalue weighted by atomic mass is 32.1. The average molecular weight is 556 g/mol. The van der Waals surface area contributed by atoms with Crippen molar-refractivity contribution < 1.29 is 32.2 Å². The Morgan fingerprint density at radius 3 is 2.62 bits per heavy atom. The van der Waals surface area contributed by atoms with Crippen molar-refractivity contribution >= 4 is 23.3 Å². The summed E-state index contributed by atoms with van der Waals surface area (Å²) in [7, 11) is 0. The molecule has 0 aliphatic carbocycles. The van der Waals surface area contributed by atoms with Crippen molar-refractivity contribution in [3.63, 3.8) is 0 Å². The zero-order chi connectivity index (χ0) is 28.3. The molecule has 2 aromatic carbocycles. The fourth-order valence-corrected chi connectivity index (χ4v) is 5.10. The summed E-state index contributed by atoms with van der Waals surface area (Å²) < 4.78 is 47.1. The van der Waals surface area contributed by atoms with E-state index in [1.807, 2.05) is 45.0 Å². The van der Waals surface area contributed by atoms with Gasteiger partial charge >= 0.3 is 18.1 Å². The molecule has 1 aromatic heterocycles. The number of thiazole rings is 1. The Morgan fingerprint density at radius 2 is 2.00 bits per heavy atom. The highest BCUT2D eigenvalue weighted by Crippen LogP contribution is 2.37. The molecule has 1 aliphatic rings. The number of nitrogens with zero attached hydrogens (tertiary/aromatic N) is 3. The third-order valence-electron chi connectivity index (χ3n) is 5.94. The topological polar surface area (TPSA) is 92.5 Å². The van der Waals surface area contributed by atoms with Gasteiger partial charge in [-0.3, -0.25) is 0 Å². The number of aromatic nitrogens is 1. The Morgan fingerprint density at radius 1 is 1.23 bits per heavy atom. The van der Waals surface area contributed by atoms with Gasteiger partial charge in [0, 0.05) is 18.3 Å². The number of carbonyl (C=O) groups is 2. The zero-order valence-corrected chi connectivity index (χ0v) is 22.1. The molecule has 0 N–H and O–H groups in total. The van der Waals surface area contributed by atoms with E-state index in [1.54, 1.807) is 24.5 Å². The summed E-state index contributed by atoms with van der Waals surface area (Å²) in [6, 6.07) is 12.1. The van der Waals surface area contributed by atoms with Gasteiger partial charge in [-0.25, -0.2) is 14.6 Å². The molecule has 0 bridgehead atoms. The normalized spacial score (nSPS) is 14.6. The second-order valence-electron chi connectivity index (χ2n) is 8.98. The molecule has 0 saturated heterocycles. The molecular formula is C28H24F3N3O4S. The number of hydrogen-bond donors (Lipinski definition) is 0. The quantitative estimate of drug-likeness (QED) is 0.248. The Bertz CT molecular complexity index is 1470. The first-order chi connectivity index (χ1) is 18.5. The molecular weight excluding hydrogens is 531 g/mol. The summed E-state index contributed by atoms with van der Waals surface area (Å²) in [6.45, 7) is 6.00. The third kappa shape index (κ3) is 6.12. The molecule has 0 saturated carbocycles. The van der Waals surface area contributed by atoms with Crippen molar-refractivity contribution in [2.75, 3.05) is 0 Å². The molecule has 4 rings (SSSR count). The maximum Gasteiger partial charge on any atom is 0.491 e. The molecule has 0 fully saturated rings. The lowest BCUT2D eigenvalue weighted by Crippen LogP contribution is -2.45. The van der Waals surface area contributed by atoms with E-state index in [1.165, 1.54) is 22.3 Å². The summed E-state index contributed by atoms with van der Waals surface area (Å²) >= 11 is 1.46. The van der Waals surface area contributed by atoms with Crippen LogP contribution in [0.15, 0.2) is 54.9 Å². The molecule has 11 heteroatoms. The smallest absolute Gasteiger partial charge is 0.490 e. The van der Waals surface area contributed by atoms with Gasteiger partial charge in [0.2, 0.25) is 0 Å². The minimum absolute atomic E-state index is 0.0655. The van der Waals surface area contributed by atoms with Crippen molar-refractivity contribution in [2.45, 2.75) is 52.1 Å². The summed E-state index contributed by atoms with van der Waals surface area (Å²) in [4.78, 5) is 30.1. The molecule has 0 spiro atoms. The van der Waals surface area contributed by atoms with Gasteiger partial charge in [-0.1, -0.05) is 25.1 Å². The second-order valence-corrected chi connectivity index (χ2v) is 10.0. The van der Waals surface area contributed by atoms with Gasteiger partial charge < -0.3 is 14.4 Å². The van der Waals surface area contributed by atoms with Crippen LogP contribution in [0, 0.1) is 11.3 Å². The van der Waals surface area contributed by atoms with Crippen molar-refractivity contribution in [1.82, 2.24) is 9.88 Å². The van der Waals surface area contributed by atoms with Gasteiger partial charge in [-0.2, -0.15) is 18.4 Å². The SMILES string of the molecule is CCc1c(CN2C=CC2C(=O)OC(=O)C(F)(F)F)cccc1-c1cnc(-c2ccc(OC(C)C)c(C#N)c2)s1. The van der Waals surface area contributed by atoms with Crippen LogP contribution >= 0.6 is 11.3 Å². The van der Waals surface area contributed by atoms with Crippen molar-refractivity contribution in [3.8, 4) is 32.8 Å². The molecule has 1 unspecified atom stereocenters. The van der Waals surface area contributed by atoms with Gasteiger partial charge in [0.05, 0.1) is 16.5 Å². The van der Waals surface area contributed by atoms with Crippen LogP contribution in [0.2, 0.25) is 0 Å². The highest BCUT2D eigenvalue weighted by Gasteiger charge is 2.44. The number of ether oxygens (including phenoxy) is 2. The number of hydrogen-bond acceptors (Lipinski definition) is 8. The second kappa shape index (κ2) is 11.3. The van der Waals surface area contributed by atoms with Gasteiger partial charge in [-0.15, -0.1) is 11.3 Å². The van der Waals surface area contributed by atoms with Gasteiger partial charge in [0.1, 0.15) is 22.9 Å². The first-order valence-electron chi connectivity index (χ1n) is 12.1. The fraction of sp³-hybridized carbons (Fsp3) is 0.286. The van der Waals surface area contributed by atoms with E-state index >= 15 is 0 Å². The Labute approximate surface area is 227 Å². The highest BCUT2D eigenvalue weighted by molar-refractivity contribution is 7.18. The lowest BCUT2D eigenvalue weighted by atomic mass is 9.96. The van der Waals surface area contributed by atoms with Gasteiger partial charge in [0.25, 0.3) is 0 Å².